The highest BCUT2D eigenvalue weighted by atomic mass is 32.1. The van der Waals surface area contributed by atoms with Gasteiger partial charge in [0.05, 0.1) is 17.7 Å². The van der Waals surface area contributed by atoms with E-state index in [1.54, 1.807) is 24.6 Å². The third-order valence-corrected chi connectivity index (χ3v) is 3.83. The summed E-state index contributed by atoms with van der Waals surface area (Å²) in [6.45, 7) is 0. The zero-order valence-electron chi connectivity index (χ0n) is 10.4. The van der Waals surface area contributed by atoms with Gasteiger partial charge in [-0.2, -0.15) is 0 Å². The minimum atomic E-state index is 0.859. The second kappa shape index (κ2) is 5.20. The Labute approximate surface area is 115 Å². The van der Waals surface area contributed by atoms with Gasteiger partial charge in [0.25, 0.3) is 0 Å². The van der Waals surface area contributed by atoms with Gasteiger partial charge in [0.2, 0.25) is 0 Å². The molecule has 0 fully saturated rings. The molecular formula is C15H12N2OS. The number of hydrogen-bond donors (Lipinski definition) is 0. The van der Waals surface area contributed by atoms with Crippen LogP contribution in [-0.2, 0) is 0 Å². The Balaban J connectivity index is 1.92. The predicted molar refractivity (Wildman–Crippen MR) is 77.3 cm³/mol. The van der Waals surface area contributed by atoms with Gasteiger partial charge in [-0.3, -0.25) is 4.98 Å². The van der Waals surface area contributed by atoms with Gasteiger partial charge < -0.3 is 4.74 Å². The zero-order chi connectivity index (χ0) is 13.1. The van der Waals surface area contributed by atoms with Crippen LogP contribution in [0.5, 0.6) is 5.75 Å². The molecule has 0 saturated heterocycles. The first-order valence-corrected chi connectivity index (χ1v) is 6.70. The SMILES string of the molecule is COc1ccc(-c2cnc(-c3ccccn3)s2)cc1. The average molecular weight is 268 g/mol. The lowest BCUT2D eigenvalue weighted by Crippen LogP contribution is -1.81. The van der Waals surface area contributed by atoms with E-state index < -0.39 is 0 Å². The monoisotopic (exact) mass is 268 g/mol. The third kappa shape index (κ3) is 2.48. The summed E-state index contributed by atoms with van der Waals surface area (Å²) < 4.78 is 5.16. The van der Waals surface area contributed by atoms with Crippen molar-refractivity contribution in [1.82, 2.24) is 9.97 Å². The molecule has 0 amide bonds. The number of benzene rings is 1. The first-order chi connectivity index (χ1) is 9.36. The van der Waals surface area contributed by atoms with Crippen LogP contribution in [0.3, 0.4) is 0 Å². The normalized spacial score (nSPS) is 10.4. The summed E-state index contributed by atoms with van der Waals surface area (Å²) in [4.78, 5) is 9.87. The maximum absolute atomic E-state index is 5.16. The molecule has 1 aromatic carbocycles. The number of ether oxygens (including phenoxy) is 1. The molecule has 0 radical (unpaired) electrons. The van der Waals surface area contributed by atoms with E-state index in [0.29, 0.717) is 0 Å². The topological polar surface area (TPSA) is 35.0 Å². The molecule has 3 rings (SSSR count). The van der Waals surface area contributed by atoms with Crippen molar-refractivity contribution in [3.05, 3.63) is 54.9 Å². The van der Waals surface area contributed by atoms with Crippen LogP contribution in [0.4, 0.5) is 0 Å². The number of pyridine rings is 1. The zero-order valence-corrected chi connectivity index (χ0v) is 11.2. The van der Waals surface area contributed by atoms with Crippen molar-refractivity contribution in [3.63, 3.8) is 0 Å². The highest BCUT2D eigenvalue weighted by molar-refractivity contribution is 7.18. The van der Waals surface area contributed by atoms with Crippen molar-refractivity contribution in [1.29, 1.82) is 0 Å². The lowest BCUT2D eigenvalue weighted by molar-refractivity contribution is 0.415. The van der Waals surface area contributed by atoms with Gasteiger partial charge in [0.15, 0.2) is 0 Å². The molecule has 0 aliphatic heterocycles. The van der Waals surface area contributed by atoms with Gasteiger partial charge in [-0.1, -0.05) is 6.07 Å². The number of methoxy groups -OCH3 is 1. The fourth-order valence-corrected chi connectivity index (χ4v) is 2.67. The first kappa shape index (κ1) is 11.9. The minimum Gasteiger partial charge on any atom is -0.497 e. The molecule has 0 N–H and O–H groups in total. The fourth-order valence-electron chi connectivity index (χ4n) is 1.77. The first-order valence-electron chi connectivity index (χ1n) is 5.88. The molecule has 0 spiro atoms. The van der Waals surface area contributed by atoms with Gasteiger partial charge in [-0.15, -0.1) is 11.3 Å². The van der Waals surface area contributed by atoms with Crippen molar-refractivity contribution < 1.29 is 4.74 Å². The number of nitrogens with zero attached hydrogens (tertiary/aromatic N) is 2. The molecule has 0 aliphatic rings. The van der Waals surface area contributed by atoms with Gasteiger partial charge in [0, 0.05) is 12.4 Å². The van der Waals surface area contributed by atoms with Crippen LogP contribution in [0.15, 0.2) is 54.9 Å². The number of aromatic nitrogens is 2. The standard InChI is InChI=1S/C15H12N2OS/c1-18-12-7-5-11(6-8-12)14-10-17-15(19-14)13-4-2-3-9-16-13/h2-10H,1H3. The van der Waals surface area contributed by atoms with Crippen molar-refractivity contribution in [2.45, 2.75) is 0 Å². The van der Waals surface area contributed by atoms with E-state index in [1.807, 2.05) is 48.7 Å². The van der Waals surface area contributed by atoms with E-state index >= 15 is 0 Å². The van der Waals surface area contributed by atoms with Crippen molar-refractivity contribution in [2.24, 2.45) is 0 Å². The summed E-state index contributed by atoms with van der Waals surface area (Å²) in [5, 5.41) is 0.936. The Morgan fingerprint density at radius 3 is 2.53 bits per heavy atom. The lowest BCUT2D eigenvalue weighted by atomic mass is 10.2. The van der Waals surface area contributed by atoms with Crippen molar-refractivity contribution >= 4 is 11.3 Å². The lowest BCUT2D eigenvalue weighted by Gasteiger charge is -2.00. The summed E-state index contributed by atoms with van der Waals surface area (Å²) in [5.74, 6) is 0.859. The maximum Gasteiger partial charge on any atom is 0.142 e. The van der Waals surface area contributed by atoms with Crippen LogP contribution in [-0.4, -0.2) is 17.1 Å². The molecule has 0 unspecified atom stereocenters. The van der Waals surface area contributed by atoms with Crippen molar-refractivity contribution in [2.75, 3.05) is 7.11 Å². The van der Waals surface area contributed by atoms with E-state index in [-0.39, 0.29) is 0 Å². The van der Waals surface area contributed by atoms with E-state index in [0.717, 1.165) is 26.9 Å². The summed E-state index contributed by atoms with van der Waals surface area (Å²) >= 11 is 1.64. The molecule has 0 saturated carbocycles. The van der Waals surface area contributed by atoms with E-state index in [9.17, 15) is 0 Å². The molecule has 3 aromatic rings. The number of hydrogen-bond acceptors (Lipinski definition) is 4. The van der Waals surface area contributed by atoms with E-state index in [1.165, 1.54) is 0 Å². The largest absolute Gasteiger partial charge is 0.497 e. The number of thiazole rings is 1. The summed E-state index contributed by atoms with van der Waals surface area (Å²) in [5.41, 5.74) is 2.05. The van der Waals surface area contributed by atoms with Crippen LogP contribution in [0.25, 0.3) is 21.1 Å². The molecule has 3 nitrogen and oxygen atoms in total. The Kier molecular flexibility index (Phi) is 3.25. The molecule has 19 heavy (non-hydrogen) atoms. The Morgan fingerprint density at radius 2 is 1.84 bits per heavy atom. The summed E-state index contributed by atoms with van der Waals surface area (Å²) in [7, 11) is 1.67. The number of rotatable bonds is 3. The Hall–Kier alpha value is -2.20. The van der Waals surface area contributed by atoms with Gasteiger partial charge in [-0.25, -0.2) is 4.98 Å². The van der Waals surface area contributed by atoms with Crippen molar-refractivity contribution in [3.8, 4) is 26.9 Å². The van der Waals surface area contributed by atoms with Crippen LogP contribution < -0.4 is 4.74 Å². The molecule has 94 valence electrons. The van der Waals surface area contributed by atoms with Crippen LogP contribution >= 0.6 is 11.3 Å². The third-order valence-electron chi connectivity index (χ3n) is 2.76. The Bertz CT molecular complexity index is 662. The molecule has 0 aliphatic carbocycles. The van der Waals surface area contributed by atoms with Crippen LogP contribution in [0, 0.1) is 0 Å². The molecule has 4 heteroatoms. The molecule has 0 bridgehead atoms. The minimum absolute atomic E-state index is 0.859. The second-order valence-corrected chi connectivity index (χ2v) is 5.00. The van der Waals surface area contributed by atoms with Gasteiger partial charge in [0.1, 0.15) is 10.8 Å². The Morgan fingerprint density at radius 1 is 1.00 bits per heavy atom. The molecule has 2 heterocycles. The second-order valence-electron chi connectivity index (χ2n) is 3.97. The van der Waals surface area contributed by atoms with Gasteiger partial charge in [-0.05, 0) is 42.0 Å². The highest BCUT2D eigenvalue weighted by Gasteiger charge is 2.07. The smallest absolute Gasteiger partial charge is 0.142 e. The molecule has 2 aromatic heterocycles. The fraction of sp³-hybridized carbons (Fsp3) is 0.0667. The molecule has 0 atom stereocenters. The van der Waals surface area contributed by atoms with Crippen LogP contribution in [0.1, 0.15) is 0 Å². The van der Waals surface area contributed by atoms with E-state index in [4.69, 9.17) is 4.74 Å². The summed E-state index contributed by atoms with van der Waals surface area (Å²) in [6, 6.07) is 13.8. The maximum atomic E-state index is 5.16. The highest BCUT2D eigenvalue weighted by Crippen LogP contribution is 2.31. The molecular weight excluding hydrogens is 256 g/mol. The van der Waals surface area contributed by atoms with Gasteiger partial charge >= 0.3 is 0 Å². The quantitative estimate of drug-likeness (QED) is 0.723. The summed E-state index contributed by atoms with van der Waals surface area (Å²) in [6.07, 6.45) is 3.67. The van der Waals surface area contributed by atoms with Crippen LogP contribution in [0.2, 0.25) is 0 Å². The average Bonchev–Trinajstić information content (AvgIpc) is 2.98. The van der Waals surface area contributed by atoms with E-state index in [2.05, 4.69) is 9.97 Å². The predicted octanol–water partition coefficient (Wildman–Crippen LogP) is 3.88.